The van der Waals surface area contributed by atoms with Crippen LogP contribution in [0.5, 0.6) is 0 Å². The van der Waals surface area contributed by atoms with Crippen LogP contribution in [0.15, 0.2) is 0 Å². The van der Waals surface area contributed by atoms with Crippen molar-refractivity contribution in [2.24, 2.45) is 0 Å². The number of hydrogen-bond donors (Lipinski definition) is 1. The normalized spacial score (nSPS) is 34.2. The van der Waals surface area contributed by atoms with Gasteiger partial charge in [-0.2, -0.15) is 0 Å². The molecule has 0 radical (unpaired) electrons. The number of hydrogen-bond acceptors (Lipinski definition) is 2. The fraction of sp³-hybridized carbons (Fsp3) is 0.900. The summed E-state index contributed by atoms with van der Waals surface area (Å²) in [4.78, 5) is 12.7. The van der Waals surface area contributed by atoms with Crippen LogP contribution in [0, 0.1) is 0 Å². The van der Waals surface area contributed by atoms with E-state index in [-0.39, 0.29) is 5.54 Å². The van der Waals surface area contributed by atoms with Crippen molar-refractivity contribution in [3.63, 3.8) is 0 Å². The van der Waals surface area contributed by atoms with Gasteiger partial charge in [-0.25, -0.2) is 0 Å². The SMILES string of the molecule is CC1CC(NC=O)CC(C)(C)N1C. The van der Waals surface area contributed by atoms with E-state index in [0.29, 0.717) is 12.1 Å². The lowest BCUT2D eigenvalue weighted by Crippen LogP contribution is -2.56. The van der Waals surface area contributed by atoms with Crippen molar-refractivity contribution < 1.29 is 4.79 Å². The lowest BCUT2D eigenvalue weighted by Gasteiger charge is -2.47. The van der Waals surface area contributed by atoms with Crippen molar-refractivity contribution in [3.8, 4) is 0 Å². The third kappa shape index (κ3) is 2.21. The fourth-order valence-electron chi connectivity index (χ4n) is 2.22. The Morgan fingerprint density at radius 1 is 1.54 bits per heavy atom. The summed E-state index contributed by atoms with van der Waals surface area (Å²) in [5.41, 5.74) is 0.193. The molecule has 1 rings (SSSR count). The molecule has 0 aromatic rings. The summed E-state index contributed by atoms with van der Waals surface area (Å²) in [5, 5.41) is 2.88. The second-order valence-corrected chi connectivity index (χ2v) is 4.69. The molecule has 1 heterocycles. The topological polar surface area (TPSA) is 32.3 Å². The first-order valence-corrected chi connectivity index (χ1v) is 4.90. The van der Waals surface area contributed by atoms with Gasteiger partial charge in [0.25, 0.3) is 0 Å². The molecule has 1 fully saturated rings. The molecular formula is C10H20N2O. The van der Waals surface area contributed by atoms with Crippen molar-refractivity contribution in [2.75, 3.05) is 7.05 Å². The molecule has 76 valence electrons. The first-order valence-electron chi connectivity index (χ1n) is 4.90. The Morgan fingerprint density at radius 3 is 2.62 bits per heavy atom. The van der Waals surface area contributed by atoms with E-state index in [9.17, 15) is 4.79 Å². The monoisotopic (exact) mass is 184 g/mol. The summed E-state index contributed by atoms with van der Waals surface area (Å²) in [6.07, 6.45) is 2.91. The summed E-state index contributed by atoms with van der Waals surface area (Å²) >= 11 is 0. The highest BCUT2D eigenvalue weighted by molar-refractivity contribution is 5.46. The van der Waals surface area contributed by atoms with Gasteiger partial charge >= 0.3 is 0 Å². The molecule has 2 unspecified atom stereocenters. The van der Waals surface area contributed by atoms with Crippen molar-refractivity contribution in [3.05, 3.63) is 0 Å². The molecule has 1 aliphatic heterocycles. The predicted molar refractivity (Wildman–Crippen MR) is 53.5 cm³/mol. The molecule has 13 heavy (non-hydrogen) atoms. The van der Waals surface area contributed by atoms with Gasteiger partial charge in [-0.1, -0.05) is 0 Å². The summed E-state index contributed by atoms with van der Waals surface area (Å²) in [5.74, 6) is 0. The van der Waals surface area contributed by atoms with Crippen LogP contribution in [-0.2, 0) is 4.79 Å². The molecule has 3 nitrogen and oxygen atoms in total. The zero-order valence-electron chi connectivity index (χ0n) is 9.00. The van der Waals surface area contributed by atoms with Gasteiger partial charge in [0, 0.05) is 17.6 Å². The van der Waals surface area contributed by atoms with Crippen LogP contribution in [0.4, 0.5) is 0 Å². The number of piperidine rings is 1. The number of carbonyl (C=O) groups excluding carboxylic acids is 1. The van der Waals surface area contributed by atoms with E-state index in [1.54, 1.807) is 0 Å². The fourth-order valence-corrected chi connectivity index (χ4v) is 2.22. The van der Waals surface area contributed by atoms with Gasteiger partial charge in [-0.15, -0.1) is 0 Å². The highest BCUT2D eigenvalue weighted by atomic mass is 16.1. The lowest BCUT2D eigenvalue weighted by atomic mass is 9.84. The zero-order chi connectivity index (χ0) is 10.1. The Hall–Kier alpha value is -0.570. The van der Waals surface area contributed by atoms with Crippen LogP contribution in [-0.4, -0.2) is 36.0 Å². The average molecular weight is 184 g/mol. The van der Waals surface area contributed by atoms with Crippen molar-refractivity contribution in [1.82, 2.24) is 10.2 Å². The maximum absolute atomic E-state index is 10.3. The molecule has 0 spiro atoms. The van der Waals surface area contributed by atoms with E-state index in [4.69, 9.17) is 0 Å². The highest BCUT2D eigenvalue weighted by Crippen LogP contribution is 2.29. The van der Waals surface area contributed by atoms with Crippen molar-refractivity contribution in [1.29, 1.82) is 0 Å². The summed E-state index contributed by atoms with van der Waals surface area (Å²) < 4.78 is 0. The number of amides is 1. The van der Waals surface area contributed by atoms with Crippen molar-refractivity contribution >= 4 is 6.41 Å². The first-order chi connectivity index (χ1) is 5.97. The van der Waals surface area contributed by atoms with Gasteiger partial charge < -0.3 is 5.32 Å². The molecule has 0 aliphatic carbocycles. The molecule has 1 N–H and O–H groups in total. The van der Waals surface area contributed by atoms with Gasteiger partial charge in [0.1, 0.15) is 0 Å². The lowest BCUT2D eigenvalue weighted by molar-refractivity contribution is -0.111. The Morgan fingerprint density at radius 2 is 2.15 bits per heavy atom. The molecule has 3 heteroatoms. The summed E-state index contributed by atoms with van der Waals surface area (Å²) in [6, 6.07) is 0.889. The Labute approximate surface area is 80.5 Å². The summed E-state index contributed by atoms with van der Waals surface area (Å²) in [7, 11) is 2.15. The van der Waals surface area contributed by atoms with E-state index >= 15 is 0 Å². The van der Waals surface area contributed by atoms with Crippen LogP contribution in [0.25, 0.3) is 0 Å². The highest BCUT2D eigenvalue weighted by Gasteiger charge is 2.36. The van der Waals surface area contributed by atoms with E-state index in [1.165, 1.54) is 0 Å². The van der Waals surface area contributed by atoms with Gasteiger partial charge in [-0.3, -0.25) is 9.69 Å². The standard InChI is InChI=1S/C10H20N2O/c1-8-5-9(11-7-13)6-10(2,3)12(8)4/h7-9H,5-6H2,1-4H3,(H,11,13). The molecular weight excluding hydrogens is 164 g/mol. The average Bonchev–Trinajstić information content (AvgIpc) is 2.00. The Bertz CT molecular complexity index is 191. The largest absolute Gasteiger partial charge is 0.356 e. The molecule has 0 saturated carbocycles. The number of nitrogens with one attached hydrogen (secondary N) is 1. The molecule has 0 bridgehead atoms. The van der Waals surface area contributed by atoms with Crippen LogP contribution >= 0.6 is 0 Å². The number of nitrogens with zero attached hydrogens (tertiary/aromatic N) is 1. The van der Waals surface area contributed by atoms with Gasteiger partial charge in [0.2, 0.25) is 6.41 Å². The second-order valence-electron chi connectivity index (χ2n) is 4.69. The van der Waals surface area contributed by atoms with E-state index < -0.39 is 0 Å². The maximum Gasteiger partial charge on any atom is 0.207 e. The number of carbonyl (C=O) groups is 1. The minimum Gasteiger partial charge on any atom is -0.356 e. The molecule has 0 aromatic carbocycles. The van der Waals surface area contributed by atoms with Gasteiger partial charge in [0.15, 0.2) is 0 Å². The molecule has 2 atom stereocenters. The van der Waals surface area contributed by atoms with Crippen LogP contribution in [0.3, 0.4) is 0 Å². The number of likely N-dealkylation sites (tertiary alicyclic amines) is 1. The van der Waals surface area contributed by atoms with Crippen LogP contribution in [0.1, 0.15) is 33.6 Å². The second kappa shape index (κ2) is 3.66. The minimum absolute atomic E-state index is 0.193. The van der Waals surface area contributed by atoms with Gasteiger partial charge in [0.05, 0.1) is 0 Å². The van der Waals surface area contributed by atoms with Crippen LogP contribution in [0.2, 0.25) is 0 Å². The Kier molecular flexibility index (Phi) is 2.96. The molecule has 1 aliphatic rings. The molecule has 1 amide bonds. The van der Waals surface area contributed by atoms with E-state index in [2.05, 4.69) is 38.0 Å². The molecule has 1 saturated heterocycles. The Balaban J connectivity index is 2.64. The zero-order valence-corrected chi connectivity index (χ0v) is 9.00. The van der Waals surface area contributed by atoms with E-state index in [0.717, 1.165) is 19.3 Å². The quantitative estimate of drug-likeness (QED) is 0.649. The maximum atomic E-state index is 10.3. The smallest absolute Gasteiger partial charge is 0.207 e. The third-order valence-corrected chi connectivity index (χ3v) is 3.29. The predicted octanol–water partition coefficient (Wildman–Crippen LogP) is 0.994. The minimum atomic E-state index is 0.193. The summed E-state index contributed by atoms with van der Waals surface area (Å²) in [6.45, 7) is 6.66. The van der Waals surface area contributed by atoms with Crippen LogP contribution < -0.4 is 5.32 Å². The molecule has 0 aromatic heterocycles. The van der Waals surface area contributed by atoms with Crippen molar-refractivity contribution in [2.45, 2.75) is 51.2 Å². The van der Waals surface area contributed by atoms with E-state index in [1.807, 2.05) is 0 Å². The van der Waals surface area contributed by atoms with Gasteiger partial charge in [-0.05, 0) is 40.7 Å². The number of rotatable bonds is 2. The first kappa shape index (κ1) is 10.5. The third-order valence-electron chi connectivity index (χ3n) is 3.29.